The monoisotopic (exact) mass is 742 g/mol. The molecule has 1 saturated carbocycles. The number of amides is 2. The second kappa shape index (κ2) is 15.0. The lowest BCUT2D eigenvalue weighted by molar-refractivity contribution is -0.132. The second-order valence-corrected chi connectivity index (χ2v) is 16.4. The largest absolute Gasteiger partial charge is 0.399 e. The molecule has 0 radical (unpaired) electrons. The minimum atomic E-state index is -0.837. The van der Waals surface area contributed by atoms with E-state index in [0.717, 1.165) is 117 Å². The van der Waals surface area contributed by atoms with Crippen LogP contribution in [-0.4, -0.2) is 120 Å². The Balaban J connectivity index is 0.709. The molecule has 1 aromatic heterocycles. The van der Waals surface area contributed by atoms with Crippen molar-refractivity contribution in [2.24, 2.45) is 16.8 Å². The Kier molecular flexibility index (Phi) is 9.72. The molecule has 1 unspecified atom stereocenters. The molecule has 2 amide bonds. The van der Waals surface area contributed by atoms with Crippen molar-refractivity contribution in [1.82, 2.24) is 19.7 Å². The van der Waals surface area contributed by atoms with Crippen LogP contribution in [0.4, 0.5) is 17.2 Å². The van der Waals surface area contributed by atoms with Crippen molar-refractivity contribution in [1.29, 1.82) is 0 Å². The molecule has 0 bridgehead atoms. The Morgan fingerprint density at radius 1 is 0.673 bits per heavy atom. The van der Waals surface area contributed by atoms with Gasteiger partial charge in [-0.15, -0.1) is 0 Å². The molecule has 0 spiro atoms. The Morgan fingerprint density at radius 2 is 1.38 bits per heavy atom. The summed E-state index contributed by atoms with van der Waals surface area (Å²) in [6, 6.07) is 15.0. The molecule has 3 saturated heterocycles. The van der Waals surface area contributed by atoms with E-state index in [9.17, 15) is 19.2 Å². The molecule has 6 heterocycles. The molecule has 5 aliphatic heterocycles. The summed E-state index contributed by atoms with van der Waals surface area (Å²) in [7, 11) is 0. The van der Waals surface area contributed by atoms with E-state index in [-0.39, 0.29) is 30.8 Å². The maximum Gasteiger partial charge on any atom is 0.262 e. The number of nitrogens with zero attached hydrogens (tertiary/aromatic N) is 7. The van der Waals surface area contributed by atoms with Crippen molar-refractivity contribution in [3.63, 3.8) is 0 Å². The zero-order valence-corrected chi connectivity index (χ0v) is 31.5. The maximum atomic E-state index is 13.4. The third-order valence-corrected chi connectivity index (χ3v) is 12.9. The van der Waals surface area contributed by atoms with Crippen LogP contribution < -0.4 is 15.5 Å². The van der Waals surface area contributed by atoms with Crippen LogP contribution in [-0.2, 0) is 16.1 Å². The first-order valence-electron chi connectivity index (χ1n) is 20.2. The zero-order valence-electron chi connectivity index (χ0n) is 31.5. The van der Waals surface area contributed by atoms with Crippen LogP contribution in [0.2, 0.25) is 0 Å². The van der Waals surface area contributed by atoms with Crippen molar-refractivity contribution in [3.05, 3.63) is 82.5 Å². The van der Waals surface area contributed by atoms with E-state index in [0.29, 0.717) is 23.6 Å². The van der Waals surface area contributed by atoms with E-state index in [1.165, 1.54) is 24.9 Å². The number of fused-ring (bicyclic) bond motifs is 2. The number of aromatic nitrogens is 1. The van der Waals surface area contributed by atoms with Gasteiger partial charge in [-0.05, 0) is 105 Å². The molecule has 2 N–H and O–H groups in total. The molecule has 9 rings (SSSR count). The summed E-state index contributed by atoms with van der Waals surface area (Å²) in [4.78, 5) is 71.5. The summed E-state index contributed by atoms with van der Waals surface area (Å²) in [5, 5.41) is 0. The Morgan fingerprint density at radius 3 is 2.13 bits per heavy atom. The highest BCUT2D eigenvalue weighted by Crippen LogP contribution is 2.34. The van der Waals surface area contributed by atoms with Crippen molar-refractivity contribution < 1.29 is 19.2 Å². The number of nitrogens with two attached hydrogens (primary N) is 1. The van der Waals surface area contributed by atoms with Crippen LogP contribution in [0.3, 0.4) is 0 Å². The predicted octanol–water partition coefficient (Wildman–Crippen LogP) is 4.05. The summed E-state index contributed by atoms with van der Waals surface area (Å²) in [6.45, 7) is 11.2. The van der Waals surface area contributed by atoms with Crippen molar-refractivity contribution in [3.8, 4) is 0 Å². The van der Waals surface area contributed by atoms with Gasteiger partial charge in [0.05, 0.1) is 35.8 Å². The van der Waals surface area contributed by atoms with Crippen molar-refractivity contribution in [2.75, 3.05) is 81.0 Å². The number of pyridine rings is 1. The average molecular weight is 743 g/mol. The van der Waals surface area contributed by atoms with Crippen LogP contribution in [0.25, 0.3) is 0 Å². The SMILES string of the molecule is Nc1ccc2c(c1)C(c1ccnc(N3CCN(CC4CCN(CC5CCN(c6ccc7c(c6)C(=O)N(C6CCC(=O)CC6=O)C7=O)CC5)CC4)CC3)c1)=NC2. The zero-order chi connectivity index (χ0) is 37.6. The molecule has 55 heavy (non-hydrogen) atoms. The number of carbonyl (C=O) groups excluding carboxylic acids is 4. The van der Waals surface area contributed by atoms with Crippen molar-refractivity contribution >= 4 is 46.3 Å². The number of rotatable bonds is 8. The standard InChI is InChI=1S/C43H50N8O4/c44-32-2-1-31-25-46-41(36(31)22-32)30-7-12-45-40(21-30)50-19-17-48(18-20-50)27-28-8-13-47(14-9-28)26-29-10-15-49(16-11-29)33-3-5-35-37(23-33)43(55)51(42(35)54)38-6-4-34(52)24-39(38)53/h1-3,5,7,12,21-23,28-29,38H,4,6,8-11,13-20,24-27,44H2. The number of imide groups is 1. The lowest BCUT2D eigenvalue weighted by atomic mass is 9.92. The van der Waals surface area contributed by atoms with Crippen LogP contribution in [0.1, 0.15) is 82.4 Å². The van der Waals surface area contributed by atoms with E-state index in [1.807, 2.05) is 30.5 Å². The van der Waals surface area contributed by atoms with E-state index >= 15 is 0 Å². The summed E-state index contributed by atoms with van der Waals surface area (Å²) >= 11 is 0. The number of hydrogen-bond acceptors (Lipinski definition) is 11. The highest BCUT2D eigenvalue weighted by Gasteiger charge is 2.44. The molecule has 1 atom stereocenters. The third-order valence-electron chi connectivity index (χ3n) is 12.9. The highest BCUT2D eigenvalue weighted by atomic mass is 16.2. The van der Waals surface area contributed by atoms with Gasteiger partial charge in [0, 0.05) is 87.5 Å². The molecule has 6 aliphatic rings. The molecule has 12 nitrogen and oxygen atoms in total. The first-order valence-corrected chi connectivity index (χ1v) is 20.2. The number of piperidine rings is 2. The number of nitrogen functional groups attached to an aromatic ring is 1. The number of ketones is 2. The Bertz CT molecular complexity index is 2040. The fourth-order valence-corrected chi connectivity index (χ4v) is 9.66. The molecule has 286 valence electrons. The van der Waals surface area contributed by atoms with E-state index in [2.05, 4.69) is 37.8 Å². The van der Waals surface area contributed by atoms with Crippen LogP contribution >= 0.6 is 0 Å². The Hall–Kier alpha value is -4.94. The van der Waals surface area contributed by atoms with Crippen LogP contribution in [0, 0.1) is 11.8 Å². The number of piperazine rings is 1. The fourth-order valence-electron chi connectivity index (χ4n) is 9.66. The first-order chi connectivity index (χ1) is 26.8. The van der Waals surface area contributed by atoms with Gasteiger partial charge in [-0.3, -0.25) is 34.0 Å². The number of hydrogen-bond donors (Lipinski definition) is 1. The molecular weight excluding hydrogens is 693 g/mol. The molecule has 2 aromatic carbocycles. The van der Waals surface area contributed by atoms with Crippen LogP contribution in [0.15, 0.2) is 59.7 Å². The number of Topliss-reactive ketones (excluding diaryl/α,β-unsaturated/α-hetero) is 2. The number of likely N-dealkylation sites (tertiary alicyclic amines) is 1. The average Bonchev–Trinajstić information content (AvgIpc) is 3.73. The number of benzene rings is 2. The highest BCUT2D eigenvalue weighted by molar-refractivity contribution is 6.24. The molecule has 4 fully saturated rings. The minimum Gasteiger partial charge on any atom is -0.399 e. The summed E-state index contributed by atoms with van der Waals surface area (Å²) in [6.07, 6.45) is 6.84. The van der Waals surface area contributed by atoms with Crippen molar-refractivity contribution in [2.45, 2.75) is 57.5 Å². The van der Waals surface area contributed by atoms with E-state index < -0.39 is 17.9 Å². The summed E-state index contributed by atoms with van der Waals surface area (Å²) < 4.78 is 0. The summed E-state index contributed by atoms with van der Waals surface area (Å²) in [5.74, 6) is 1.11. The fraction of sp³-hybridized carbons (Fsp3) is 0.488. The van der Waals surface area contributed by atoms with Gasteiger partial charge in [0.2, 0.25) is 0 Å². The third kappa shape index (κ3) is 7.17. The topological polar surface area (TPSA) is 136 Å². The maximum absolute atomic E-state index is 13.4. The number of anilines is 3. The smallest absolute Gasteiger partial charge is 0.262 e. The Labute approximate surface area is 322 Å². The quantitative estimate of drug-likeness (QED) is 0.205. The molecule has 12 heteroatoms. The lowest BCUT2D eigenvalue weighted by Gasteiger charge is -2.41. The van der Waals surface area contributed by atoms with Gasteiger partial charge >= 0.3 is 0 Å². The predicted molar refractivity (Wildman–Crippen MR) is 212 cm³/mol. The van der Waals surface area contributed by atoms with Gasteiger partial charge in [-0.1, -0.05) is 6.07 Å². The molecular formula is C43H50N8O4. The van der Waals surface area contributed by atoms with Gasteiger partial charge < -0.3 is 20.4 Å². The number of aliphatic imine (C=N–C) groups is 1. The molecule has 1 aliphatic carbocycles. The second-order valence-electron chi connectivity index (χ2n) is 16.4. The minimum absolute atomic E-state index is 0.125. The van der Waals surface area contributed by atoms with Gasteiger partial charge in [-0.25, -0.2) is 4.98 Å². The first kappa shape index (κ1) is 35.7. The lowest BCUT2D eigenvalue weighted by Crippen LogP contribution is -2.49. The van der Waals surface area contributed by atoms with E-state index in [1.54, 1.807) is 6.07 Å². The van der Waals surface area contributed by atoms with E-state index in [4.69, 9.17) is 15.7 Å². The van der Waals surface area contributed by atoms with Gasteiger partial charge in [0.15, 0.2) is 5.78 Å². The van der Waals surface area contributed by atoms with Gasteiger partial charge in [0.1, 0.15) is 11.6 Å². The van der Waals surface area contributed by atoms with Crippen LogP contribution in [0.5, 0.6) is 0 Å². The normalized spacial score (nSPS) is 23.1. The summed E-state index contributed by atoms with van der Waals surface area (Å²) in [5.41, 5.74) is 13.0. The van der Waals surface area contributed by atoms with Gasteiger partial charge in [0.25, 0.3) is 11.8 Å². The molecule has 3 aromatic rings. The number of carbonyl (C=O) groups is 4. The van der Waals surface area contributed by atoms with Gasteiger partial charge in [-0.2, -0.15) is 0 Å².